The van der Waals surface area contributed by atoms with Gasteiger partial charge >= 0.3 is 5.97 Å². The van der Waals surface area contributed by atoms with Gasteiger partial charge in [-0.1, -0.05) is 67.9 Å². The molecule has 138 valence electrons. The Morgan fingerprint density at radius 3 is 2.15 bits per heavy atom. The quantitative estimate of drug-likeness (QED) is 0.727. The van der Waals surface area contributed by atoms with Gasteiger partial charge in [0, 0.05) is 5.02 Å². The molecule has 0 saturated heterocycles. The molecule has 0 heterocycles. The zero-order chi connectivity index (χ0) is 19.1. The molecule has 4 nitrogen and oxygen atoms in total. The van der Waals surface area contributed by atoms with Crippen LogP contribution >= 0.6 is 11.6 Å². The van der Waals surface area contributed by atoms with Crippen LogP contribution in [0.5, 0.6) is 0 Å². The molecule has 5 heteroatoms. The first-order chi connectivity index (χ1) is 12.4. The number of benzene rings is 2. The molecule has 0 saturated carbocycles. The Kier molecular flexibility index (Phi) is 7.22. The summed E-state index contributed by atoms with van der Waals surface area (Å²) in [5.41, 5.74) is 1.82. The van der Waals surface area contributed by atoms with Crippen LogP contribution in [0, 0.1) is 5.92 Å². The molecule has 26 heavy (non-hydrogen) atoms. The Hall–Kier alpha value is -2.33. The molecule has 2 rings (SSSR count). The van der Waals surface area contributed by atoms with Crippen LogP contribution in [0.1, 0.15) is 43.9 Å². The molecule has 0 aliphatic carbocycles. The summed E-state index contributed by atoms with van der Waals surface area (Å²) in [5.74, 6) is -1.14. The van der Waals surface area contributed by atoms with Crippen molar-refractivity contribution in [2.75, 3.05) is 6.61 Å². The van der Waals surface area contributed by atoms with Crippen molar-refractivity contribution in [1.82, 2.24) is 5.32 Å². The number of rotatable bonds is 7. The van der Waals surface area contributed by atoms with Gasteiger partial charge < -0.3 is 10.1 Å². The van der Waals surface area contributed by atoms with Crippen LogP contribution in [0.4, 0.5) is 0 Å². The van der Waals surface area contributed by atoms with Gasteiger partial charge in [0.25, 0.3) is 5.91 Å². The Labute approximate surface area is 159 Å². The minimum atomic E-state index is -0.438. The van der Waals surface area contributed by atoms with Crippen LogP contribution in [0.25, 0.3) is 0 Å². The van der Waals surface area contributed by atoms with Crippen LogP contribution in [0.2, 0.25) is 5.02 Å². The summed E-state index contributed by atoms with van der Waals surface area (Å²) in [4.78, 5) is 24.6. The summed E-state index contributed by atoms with van der Waals surface area (Å²) in [6.07, 6.45) is 0. The summed E-state index contributed by atoms with van der Waals surface area (Å²) in [5, 5.41) is 3.44. The normalized spacial score (nSPS) is 13.1. The standard InChI is InChI=1S/C21H24ClNO3/c1-14(2)20(17-9-11-18(22)12-10-17)21(25)26-13-19(24)23-15(3)16-7-5-4-6-8-16/h4-12,14-15,20H,13H2,1-3H3,(H,23,24)/t15-,20-/m0/s1. The summed E-state index contributed by atoms with van der Waals surface area (Å²) in [6.45, 7) is 5.47. The van der Waals surface area contributed by atoms with Crippen LogP contribution in [-0.4, -0.2) is 18.5 Å². The van der Waals surface area contributed by atoms with E-state index in [1.165, 1.54) is 0 Å². The molecule has 0 spiro atoms. The van der Waals surface area contributed by atoms with Gasteiger partial charge in [0.05, 0.1) is 12.0 Å². The number of ether oxygens (including phenoxy) is 1. The van der Waals surface area contributed by atoms with Gasteiger partial charge in [-0.25, -0.2) is 0 Å². The molecular weight excluding hydrogens is 350 g/mol. The Balaban J connectivity index is 1.93. The van der Waals surface area contributed by atoms with Gasteiger partial charge in [-0.3, -0.25) is 9.59 Å². The molecular formula is C21H24ClNO3. The Morgan fingerprint density at radius 2 is 1.58 bits per heavy atom. The molecule has 1 amide bonds. The highest BCUT2D eigenvalue weighted by Gasteiger charge is 2.26. The molecule has 0 aliphatic rings. The molecule has 0 radical (unpaired) electrons. The smallest absolute Gasteiger partial charge is 0.314 e. The van der Waals surface area contributed by atoms with E-state index in [-0.39, 0.29) is 24.5 Å². The maximum atomic E-state index is 12.5. The first kappa shape index (κ1) is 20.0. The average molecular weight is 374 g/mol. The lowest BCUT2D eigenvalue weighted by Gasteiger charge is -2.20. The number of carbonyl (C=O) groups excluding carboxylic acids is 2. The molecule has 0 fully saturated rings. The number of amides is 1. The van der Waals surface area contributed by atoms with Crippen molar-refractivity contribution in [2.45, 2.75) is 32.7 Å². The fourth-order valence-electron chi connectivity index (χ4n) is 2.80. The van der Waals surface area contributed by atoms with Crippen LogP contribution in [-0.2, 0) is 14.3 Å². The first-order valence-corrected chi connectivity index (χ1v) is 9.02. The number of hydrogen-bond acceptors (Lipinski definition) is 3. The maximum Gasteiger partial charge on any atom is 0.314 e. The van der Waals surface area contributed by atoms with E-state index in [2.05, 4.69) is 5.32 Å². The third-order valence-corrected chi connectivity index (χ3v) is 4.42. The van der Waals surface area contributed by atoms with E-state index in [1.54, 1.807) is 12.1 Å². The maximum absolute atomic E-state index is 12.5. The van der Waals surface area contributed by atoms with Crippen molar-refractivity contribution in [2.24, 2.45) is 5.92 Å². The summed E-state index contributed by atoms with van der Waals surface area (Å²) >= 11 is 5.91. The van der Waals surface area contributed by atoms with E-state index in [0.29, 0.717) is 5.02 Å². The van der Waals surface area contributed by atoms with Gasteiger partial charge in [0.1, 0.15) is 0 Å². The van der Waals surface area contributed by atoms with E-state index in [0.717, 1.165) is 11.1 Å². The van der Waals surface area contributed by atoms with Gasteiger partial charge in [0.15, 0.2) is 6.61 Å². The second kappa shape index (κ2) is 9.39. The largest absolute Gasteiger partial charge is 0.455 e. The average Bonchev–Trinajstić information content (AvgIpc) is 2.62. The van der Waals surface area contributed by atoms with Crippen LogP contribution in [0.15, 0.2) is 54.6 Å². The third-order valence-electron chi connectivity index (χ3n) is 4.17. The number of hydrogen-bond donors (Lipinski definition) is 1. The zero-order valence-corrected chi connectivity index (χ0v) is 16.0. The number of carbonyl (C=O) groups is 2. The summed E-state index contributed by atoms with van der Waals surface area (Å²) in [6, 6.07) is 16.6. The summed E-state index contributed by atoms with van der Waals surface area (Å²) < 4.78 is 5.26. The van der Waals surface area contributed by atoms with Gasteiger partial charge in [-0.15, -0.1) is 0 Å². The molecule has 0 aromatic heterocycles. The van der Waals surface area contributed by atoms with Crippen LogP contribution < -0.4 is 5.32 Å². The fourth-order valence-corrected chi connectivity index (χ4v) is 2.92. The minimum absolute atomic E-state index is 0.0370. The van der Waals surface area contributed by atoms with Crippen molar-refractivity contribution in [1.29, 1.82) is 0 Å². The van der Waals surface area contributed by atoms with Crippen molar-refractivity contribution in [3.63, 3.8) is 0 Å². The molecule has 2 aromatic carbocycles. The molecule has 2 atom stereocenters. The molecule has 2 aromatic rings. The third kappa shape index (κ3) is 5.60. The predicted octanol–water partition coefficient (Wildman–Crippen LogP) is 4.50. The Morgan fingerprint density at radius 1 is 0.962 bits per heavy atom. The first-order valence-electron chi connectivity index (χ1n) is 8.65. The lowest BCUT2D eigenvalue weighted by molar-refractivity contribution is -0.151. The van der Waals surface area contributed by atoms with Crippen molar-refractivity contribution >= 4 is 23.5 Å². The van der Waals surface area contributed by atoms with E-state index in [4.69, 9.17) is 16.3 Å². The zero-order valence-electron chi connectivity index (χ0n) is 15.2. The van der Waals surface area contributed by atoms with Gasteiger partial charge in [-0.05, 0) is 36.1 Å². The van der Waals surface area contributed by atoms with E-state index < -0.39 is 11.9 Å². The van der Waals surface area contributed by atoms with Crippen molar-refractivity contribution in [3.8, 4) is 0 Å². The molecule has 1 N–H and O–H groups in total. The monoisotopic (exact) mass is 373 g/mol. The highest BCUT2D eigenvalue weighted by molar-refractivity contribution is 6.30. The predicted molar refractivity (Wildman–Crippen MR) is 103 cm³/mol. The van der Waals surface area contributed by atoms with Crippen LogP contribution in [0.3, 0.4) is 0 Å². The number of halogens is 1. The molecule has 0 unspecified atom stereocenters. The fraction of sp³-hybridized carbons (Fsp3) is 0.333. The lowest BCUT2D eigenvalue weighted by Crippen LogP contribution is -2.32. The second-order valence-corrected chi connectivity index (χ2v) is 7.02. The van der Waals surface area contributed by atoms with Crippen molar-refractivity contribution in [3.05, 3.63) is 70.7 Å². The topological polar surface area (TPSA) is 55.4 Å². The summed E-state index contributed by atoms with van der Waals surface area (Å²) in [7, 11) is 0. The lowest BCUT2D eigenvalue weighted by atomic mass is 9.88. The second-order valence-electron chi connectivity index (χ2n) is 6.58. The SMILES string of the molecule is CC(C)[C@H](C(=O)OCC(=O)N[C@@H](C)c1ccccc1)c1ccc(Cl)cc1. The molecule has 0 bridgehead atoms. The minimum Gasteiger partial charge on any atom is -0.455 e. The van der Waals surface area contributed by atoms with E-state index in [9.17, 15) is 9.59 Å². The van der Waals surface area contributed by atoms with Gasteiger partial charge in [-0.2, -0.15) is 0 Å². The van der Waals surface area contributed by atoms with Gasteiger partial charge in [0.2, 0.25) is 0 Å². The number of esters is 1. The highest BCUT2D eigenvalue weighted by Crippen LogP contribution is 2.27. The van der Waals surface area contributed by atoms with E-state index >= 15 is 0 Å². The highest BCUT2D eigenvalue weighted by atomic mass is 35.5. The number of nitrogens with one attached hydrogen (secondary N) is 1. The molecule has 0 aliphatic heterocycles. The van der Waals surface area contributed by atoms with E-state index in [1.807, 2.05) is 63.2 Å². The Bertz CT molecular complexity index is 729. The van der Waals surface area contributed by atoms with Crippen molar-refractivity contribution < 1.29 is 14.3 Å².